The second-order valence-corrected chi connectivity index (χ2v) is 19.3. The standard InChI is InChI=1S/C56H49NO/c1-54(2,3)48-22-13-19-45-44-18-12-17-43(52(44)58-53(45)48)42-16-8-11-23-51(42)57(36-26-28-40-38-14-6-9-20-46(38)55(4,5)49(40)31-36)37-27-29-41-39-15-7-10-21-47(39)56(50(41)32-37)33-34-24-25-35(56)30-34/h6-23,26-29,31-32,34-35H,24-25,30,33H2,1-5H3. The minimum Gasteiger partial charge on any atom is -0.455 e. The number of hydrogen-bond acceptors (Lipinski definition) is 2. The number of fused-ring (bicyclic) bond motifs is 14. The van der Waals surface area contributed by atoms with Gasteiger partial charge in [-0.05, 0) is 111 Å². The van der Waals surface area contributed by atoms with Crippen molar-refractivity contribution in [3.63, 3.8) is 0 Å². The van der Waals surface area contributed by atoms with Crippen LogP contribution >= 0.6 is 0 Å². The maximum atomic E-state index is 7.03. The van der Waals surface area contributed by atoms with Gasteiger partial charge < -0.3 is 9.32 Å². The van der Waals surface area contributed by atoms with Crippen LogP contribution in [0, 0.1) is 11.8 Å². The van der Waals surface area contributed by atoms with Gasteiger partial charge in [0.2, 0.25) is 0 Å². The molecule has 0 aliphatic heterocycles. The second-order valence-electron chi connectivity index (χ2n) is 19.3. The highest BCUT2D eigenvalue weighted by atomic mass is 16.3. The van der Waals surface area contributed by atoms with Crippen molar-refractivity contribution in [3.05, 3.63) is 173 Å². The van der Waals surface area contributed by atoms with E-state index in [1.807, 2.05) is 0 Å². The van der Waals surface area contributed by atoms with Crippen LogP contribution in [-0.4, -0.2) is 0 Å². The molecule has 284 valence electrons. The Bertz CT molecular complexity index is 3010. The van der Waals surface area contributed by atoms with Crippen LogP contribution in [0.1, 0.15) is 88.1 Å². The molecule has 1 spiro atoms. The molecule has 0 saturated heterocycles. The minimum absolute atomic E-state index is 0.0489. The maximum absolute atomic E-state index is 7.03. The predicted molar refractivity (Wildman–Crippen MR) is 242 cm³/mol. The first-order chi connectivity index (χ1) is 28.1. The van der Waals surface area contributed by atoms with E-state index in [1.54, 1.807) is 5.56 Å². The number of nitrogens with zero attached hydrogens (tertiary/aromatic N) is 1. The van der Waals surface area contributed by atoms with Crippen LogP contribution < -0.4 is 4.90 Å². The molecule has 3 unspecified atom stereocenters. The quantitative estimate of drug-likeness (QED) is 0.178. The van der Waals surface area contributed by atoms with Gasteiger partial charge >= 0.3 is 0 Å². The zero-order chi connectivity index (χ0) is 39.1. The predicted octanol–water partition coefficient (Wildman–Crippen LogP) is 15.4. The number of anilines is 3. The largest absolute Gasteiger partial charge is 0.455 e. The van der Waals surface area contributed by atoms with Gasteiger partial charge in [0.1, 0.15) is 11.2 Å². The Labute approximate surface area is 342 Å². The van der Waals surface area contributed by atoms with Gasteiger partial charge in [-0.25, -0.2) is 0 Å². The van der Waals surface area contributed by atoms with Crippen molar-refractivity contribution in [1.29, 1.82) is 0 Å². The summed E-state index contributed by atoms with van der Waals surface area (Å²) in [6.07, 6.45) is 5.32. The Morgan fingerprint density at radius 2 is 1.12 bits per heavy atom. The van der Waals surface area contributed by atoms with Gasteiger partial charge in [0.25, 0.3) is 0 Å². The van der Waals surface area contributed by atoms with E-state index in [0.29, 0.717) is 5.92 Å². The Morgan fingerprint density at radius 1 is 0.534 bits per heavy atom. The van der Waals surface area contributed by atoms with Crippen molar-refractivity contribution < 1.29 is 4.42 Å². The molecule has 58 heavy (non-hydrogen) atoms. The van der Waals surface area contributed by atoms with Crippen LogP contribution in [0.2, 0.25) is 0 Å². The lowest BCUT2D eigenvalue weighted by Gasteiger charge is -2.37. The van der Waals surface area contributed by atoms with Gasteiger partial charge in [-0.15, -0.1) is 0 Å². The van der Waals surface area contributed by atoms with Crippen molar-refractivity contribution in [2.45, 2.75) is 76.5 Å². The molecule has 1 heterocycles. The third-order valence-electron chi connectivity index (χ3n) is 14.9. The number of furan rings is 1. The Morgan fingerprint density at radius 3 is 1.83 bits per heavy atom. The molecule has 2 heteroatoms. The molecule has 0 amide bonds. The molecule has 0 N–H and O–H groups in total. The number of benzene rings is 7. The van der Waals surface area contributed by atoms with Crippen LogP contribution in [0.25, 0.3) is 55.3 Å². The molecule has 2 nitrogen and oxygen atoms in total. The van der Waals surface area contributed by atoms with Crippen molar-refractivity contribution >= 4 is 39.0 Å². The highest BCUT2D eigenvalue weighted by Crippen LogP contribution is 2.66. The summed E-state index contributed by atoms with van der Waals surface area (Å²) in [4.78, 5) is 2.56. The molecule has 8 aromatic rings. The van der Waals surface area contributed by atoms with Crippen molar-refractivity contribution in [2.24, 2.45) is 11.8 Å². The topological polar surface area (TPSA) is 16.4 Å². The fourth-order valence-corrected chi connectivity index (χ4v) is 12.3. The summed E-state index contributed by atoms with van der Waals surface area (Å²) in [5, 5.41) is 2.33. The average Bonchev–Trinajstić information content (AvgIpc) is 4.05. The van der Waals surface area contributed by atoms with E-state index in [2.05, 4.69) is 185 Å². The van der Waals surface area contributed by atoms with Gasteiger partial charge in [0.15, 0.2) is 0 Å². The summed E-state index contributed by atoms with van der Waals surface area (Å²) in [5.74, 6) is 1.51. The van der Waals surface area contributed by atoms with Crippen LogP contribution in [0.3, 0.4) is 0 Å². The maximum Gasteiger partial charge on any atom is 0.143 e. The monoisotopic (exact) mass is 751 g/mol. The molecule has 2 fully saturated rings. The summed E-state index contributed by atoms with van der Waals surface area (Å²) < 4.78 is 7.03. The lowest BCUT2D eigenvalue weighted by atomic mass is 9.67. The number of para-hydroxylation sites is 3. The first kappa shape index (κ1) is 34.2. The lowest BCUT2D eigenvalue weighted by molar-refractivity contribution is 0.327. The molecule has 2 saturated carbocycles. The molecule has 0 radical (unpaired) electrons. The summed E-state index contributed by atoms with van der Waals surface area (Å²) >= 11 is 0. The highest BCUT2D eigenvalue weighted by Gasteiger charge is 2.56. The Balaban J connectivity index is 1.11. The van der Waals surface area contributed by atoms with Crippen LogP contribution in [0.15, 0.2) is 150 Å². The zero-order valence-corrected chi connectivity index (χ0v) is 34.2. The van der Waals surface area contributed by atoms with Gasteiger partial charge in [0, 0.05) is 49.7 Å². The minimum atomic E-state index is -0.121. The summed E-state index contributed by atoms with van der Waals surface area (Å²) in [5.41, 5.74) is 20.3. The van der Waals surface area contributed by atoms with E-state index in [1.165, 1.54) is 87.0 Å². The van der Waals surface area contributed by atoms with E-state index >= 15 is 0 Å². The summed E-state index contributed by atoms with van der Waals surface area (Å²) in [6.45, 7) is 11.6. The molecule has 2 bridgehead atoms. The third-order valence-corrected chi connectivity index (χ3v) is 14.9. The normalized spacial score (nSPS) is 20.8. The van der Waals surface area contributed by atoms with E-state index in [-0.39, 0.29) is 16.2 Å². The molecule has 7 aromatic carbocycles. The first-order valence-corrected chi connectivity index (χ1v) is 21.5. The fourth-order valence-electron chi connectivity index (χ4n) is 12.3. The van der Waals surface area contributed by atoms with Gasteiger partial charge in [-0.2, -0.15) is 0 Å². The molecule has 3 atom stereocenters. The molecule has 12 rings (SSSR count). The van der Waals surface area contributed by atoms with Crippen molar-refractivity contribution in [2.75, 3.05) is 4.90 Å². The van der Waals surface area contributed by atoms with Gasteiger partial charge in [0.05, 0.1) is 5.69 Å². The average molecular weight is 752 g/mol. The SMILES string of the molecule is CC(C)(C)c1cccc2c1oc1c(-c3ccccc3N(c3ccc4c(c3)C(C)(C)c3ccccc3-4)c3ccc4c(c3)C3(CC5CCC3C5)c3ccccc3-4)cccc12. The van der Waals surface area contributed by atoms with Crippen LogP contribution in [0.4, 0.5) is 17.1 Å². The second kappa shape index (κ2) is 11.9. The van der Waals surface area contributed by atoms with Crippen molar-refractivity contribution in [3.8, 4) is 33.4 Å². The van der Waals surface area contributed by atoms with Crippen LogP contribution in [0.5, 0.6) is 0 Å². The van der Waals surface area contributed by atoms with E-state index < -0.39 is 0 Å². The van der Waals surface area contributed by atoms with Crippen LogP contribution in [-0.2, 0) is 16.2 Å². The number of rotatable bonds is 4. The Kier molecular flexibility index (Phi) is 6.99. The van der Waals surface area contributed by atoms with Crippen molar-refractivity contribution in [1.82, 2.24) is 0 Å². The Hall–Kier alpha value is -5.86. The molecule has 4 aliphatic carbocycles. The van der Waals surface area contributed by atoms with E-state index in [0.717, 1.165) is 39.3 Å². The summed E-state index contributed by atoms with van der Waals surface area (Å²) in [6, 6.07) is 55.3. The molecular weight excluding hydrogens is 703 g/mol. The summed E-state index contributed by atoms with van der Waals surface area (Å²) in [7, 11) is 0. The zero-order valence-electron chi connectivity index (χ0n) is 34.2. The highest BCUT2D eigenvalue weighted by molar-refractivity contribution is 6.11. The lowest BCUT2D eigenvalue weighted by Crippen LogP contribution is -2.32. The number of hydrogen-bond donors (Lipinski definition) is 0. The van der Waals surface area contributed by atoms with Gasteiger partial charge in [-0.3, -0.25) is 0 Å². The third kappa shape index (κ3) is 4.55. The molecular formula is C56H49NO. The molecule has 1 aromatic heterocycles. The van der Waals surface area contributed by atoms with E-state index in [9.17, 15) is 0 Å². The first-order valence-electron chi connectivity index (χ1n) is 21.5. The molecule has 4 aliphatic rings. The smallest absolute Gasteiger partial charge is 0.143 e. The fraction of sp³-hybridized carbons (Fsp3) is 0.250. The van der Waals surface area contributed by atoms with E-state index in [4.69, 9.17) is 4.42 Å². The van der Waals surface area contributed by atoms with Gasteiger partial charge in [-0.1, -0.05) is 156 Å².